The number of thiazole rings is 1. The van der Waals surface area contributed by atoms with Gasteiger partial charge in [-0.1, -0.05) is 17.4 Å². The number of rotatable bonds is 1. The van der Waals surface area contributed by atoms with Crippen LogP contribution in [0.2, 0.25) is 0 Å². The molecule has 3 N–H and O–H groups in total. The molecule has 6 heteroatoms. The summed E-state index contributed by atoms with van der Waals surface area (Å²) in [5.41, 5.74) is 0.869. The lowest BCUT2D eigenvalue weighted by Crippen LogP contribution is -2.00. The number of phenols is 1. The summed E-state index contributed by atoms with van der Waals surface area (Å²) in [6, 6.07) is 4.83. The normalized spacial score (nSPS) is 17.8. The molecule has 0 bridgehead atoms. The van der Waals surface area contributed by atoms with Crippen molar-refractivity contribution in [2.45, 2.75) is 5.92 Å². The van der Waals surface area contributed by atoms with Gasteiger partial charge >= 0.3 is 4.87 Å². The first-order valence-electron chi connectivity index (χ1n) is 5.03. The number of H-pyrrole nitrogens is 1. The molecule has 17 heavy (non-hydrogen) atoms. The summed E-state index contributed by atoms with van der Waals surface area (Å²) in [6.07, 6.45) is 0. The molecule has 2 aromatic rings. The van der Waals surface area contributed by atoms with E-state index in [1.807, 2.05) is 0 Å². The maximum Gasteiger partial charge on any atom is 0.307 e. The molecule has 1 aromatic carbocycles. The highest BCUT2D eigenvalue weighted by Gasteiger charge is 2.30. The molecule has 0 amide bonds. The van der Waals surface area contributed by atoms with Crippen molar-refractivity contribution in [3.05, 3.63) is 38.3 Å². The van der Waals surface area contributed by atoms with E-state index < -0.39 is 0 Å². The van der Waals surface area contributed by atoms with Crippen LogP contribution in [0.15, 0.2) is 23.0 Å². The van der Waals surface area contributed by atoms with Crippen molar-refractivity contribution in [2.75, 3.05) is 6.61 Å². The van der Waals surface area contributed by atoms with Crippen LogP contribution < -0.4 is 9.61 Å². The van der Waals surface area contributed by atoms with E-state index in [9.17, 15) is 15.0 Å². The van der Waals surface area contributed by atoms with Crippen molar-refractivity contribution >= 4 is 11.3 Å². The standard InChI is InChI=1S/C11H9NO4S/c13-5-1-2-6-7(4-16-8(6)3-5)9-10(14)12-11(15)17-9/h1-3,7,13-14H,4H2,(H,12,15). The Labute approximate surface area is 99.9 Å². The van der Waals surface area contributed by atoms with Crippen molar-refractivity contribution in [1.29, 1.82) is 0 Å². The third-order valence-corrected chi connectivity index (χ3v) is 3.74. The number of nitrogens with one attached hydrogen (secondary N) is 1. The molecular formula is C11H9NO4S. The lowest BCUT2D eigenvalue weighted by atomic mass is 10.00. The molecule has 88 valence electrons. The highest BCUT2D eigenvalue weighted by atomic mass is 32.1. The Hall–Kier alpha value is -1.95. The summed E-state index contributed by atoms with van der Waals surface area (Å²) in [6.45, 7) is 0.361. The highest BCUT2D eigenvalue weighted by molar-refractivity contribution is 7.09. The molecule has 0 aliphatic carbocycles. The van der Waals surface area contributed by atoms with Gasteiger partial charge in [0.2, 0.25) is 5.88 Å². The molecule has 0 saturated carbocycles. The fourth-order valence-electron chi connectivity index (χ4n) is 1.98. The van der Waals surface area contributed by atoms with Gasteiger partial charge in [-0.3, -0.25) is 9.78 Å². The second kappa shape index (κ2) is 3.53. The molecule has 5 nitrogen and oxygen atoms in total. The maximum atomic E-state index is 11.2. The van der Waals surface area contributed by atoms with Gasteiger partial charge in [-0.05, 0) is 6.07 Å². The lowest BCUT2D eigenvalue weighted by molar-refractivity contribution is 0.339. The topological polar surface area (TPSA) is 82.6 Å². The van der Waals surface area contributed by atoms with Gasteiger partial charge in [-0.25, -0.2) is 0 Å². The van der Waals surface area contributed by atoms with Gasteiger partial charge in [0.05, 0.1) is 10.8 Å². The van der Waals surface area contributed by atoms with E-state index in [1.165, 1.54) is 6.07 Å². The van der Waals surface area contributed by atoms with E-state index in [1.54, 1.807) is 12.1 Å². The average molecular weight is 251 g/mol. The zero-order valence-corrected chi connectivity index (χ0v) is 9.45. The van der Waals surface area contributed by atoms with Crippen molar-refractivity contribution in [2.24, 2.45) is 0 Å². The van der Waals surface area contributed by atoms with E-state index >= 15 is 0 Å². The molecule has 0 spiro atoms. The minimum absolute atomic E-state index is 0.102. The Bertz CT molecular complexity index is 631. The molecule has 3 rings (SSSR count). The maximum absolute atomic E-state index is 11.2. The zero-order chi connectivity index (χ0) is 12.0. The minimum atomic E-state index is -0.287. The smallest absolute Gasteiger partial charge is 0.307 e. The summed E-state index contributed by atoms with van der Waals surface area (Å²) in [5.74, 6) is 0.468. The van der Waals surface area contributed by atoms with E-state index in [2.05, 4.69) is 4.98 Å². The van der Waals surface area contributed by atoms with Gasteiger partial charge in [0.25, 0.3) is 0 Å². The largest absolute Gasteiger partial charge is 0.508 e. The zero-order valence-electron chi connectivity index (χ0n) is 8.64. The number of aromatic nitrogens is 1. The predicted molar refractivity (Wildman–Crippen MR) is 62.0 cm³/mol. The third kappa shape index (κ3) is 1.57. The summed E-state index contributed by atoms with van der Waals surface area (Å²) < 4.78 is 5.43. The van der Waals surface area contributed by atoms with E-state index in [0.29, 0.717) is 17.2 Å². The van der Waals surface area contributed by atoms with Gasteiger partial charge in [0.1, 0.15) is 18.1 Å². The van der Waals surface area contributed by atoms with Crippen molar-refractivity contribution in [3.63, 3.8) is 0 Å². The first-order chi connectivity index (χ1) is 8.15. The number of fused-ring (bicyclic) bond motifs is 1. The second-order valence-corrected chi connectivity index (χ2v) is 4.83. The van der Waals surface area contributed by atoms with Gasteiger partial charge in [-0.15, -0.1) is 0 Å². The molecular weight excluding hydrogens is 242 g/mol. The first-order valence-corrected chi connectivity index (χ1v) is 5.84. The monoisotopic (exact) mass is 251 g/mol. The van der Waals surface area contributed by atoms with Crippen LogP contribution >= 0.6 is 11.3 Å². The third-order valence-electron chi connectivity index (χ3n) is 2.75. The fraction of sp³-hybridized carbons (Fsp3) is 0.182. The average Bonchev–Trinajstić information content (AvgIpc) is 2.81. The van der Waals surface area contributed by atoms with Crippen LogP contribution in [0.3, 0.4) is 0 Å². The Morgan fingerprint density at radius 1 is 1.41 bits per heavy atom. The summed E-state index contributed by atoms with van der Waals surface area (Å²) in [7, 11) is 0. The van der Waals surface area contributed by atoms with Gasteiger partial charge < -0.3 is 14.9 Å². The Balaban J connectivity index is 2.09. The van der Waals surface area contributed by atoms with Crippen molar-refractivity contribution in [1.82, 2.24) is 4.98 Å². The quantitative estimate of drug-likeness (QED) is 0.715. The number of ether oxygens (including phenoxy) is 1. The first kappa shape index (κ1) is 10.2. The van der Waals surface area contributed by atoms with Gasteiger partial charge in [-0.2, -0.15) is 0 Å². The van der Waals surface area contributed by atoms with Crippen LogP contribution in [0, 0.1) is 0 Å². The number of phenolic OH excluding ortho intramolecular Hbond substituents is 1. The molecule has 0 saturated heterocycles. The van der Waals surface area contributed by atoms with Crippen LogP contribution in [0.5, 0.6) is 17.4 Å². The van der Waals surface area contributed by atoms with E-state index in [0.717, 1.165) is 16.9 Å². The Morgan fingerprint density at radius 2 is 2.24 bits per heavy atom. The van der Waals surface area contributed by atoms with E-state index in [4.69, 9.17) is 4.74 Å². The lowest BCUT2D eigenvalue weighted by Gasteiger charge is -2.05. The predicted octanol–water partition coefficient (Wildman–Crippen LogP) is 1.37. The number of aromatic amines is 1. The van der Waals surface area contributed by atoms with Gasteiger partial charge in [0.15, 0.2) is 0 Å². The molecule has 1 aliphatic heterocycles. The molecule has 1 aromatic heterocycles. The van der Waals surface area contributed by atoms with Crippen molar-refractivity contribution in [3.8, 4) is 17.4 Å². The van der Waals surface area contributed by atoms with Crippen molar-refractivity contribution < 1.29 is 14.9 Å². The Morgan fingerprint density at radius 3 is 2.94 bits per heavy atom. The van der Waals surface area contributed by atoms with Crippen LogP contribution in [0.25, 0.3) is 0 Å². The number of hydrogen-bond acceptors (Lipinski definition) is 5. The molecule has 1 atom stereocenters. The highest BCUT2D eigenvalue weighted by Crippen LogP contribution is 2.42. The van der Waals surface area contributed by atoms with Gasteiger partial charge in [0, 0.05) is 11.6 Å². The molecule has 1 unspecified atom stereocenters. The number of hydrogen-bond donors (Lipinski definition) is 3. The van der Waals surface area contributed by atoms with Crippen LogP contribution in [-0.4, -0.2) is 21.8 Å². The number of benzene rings is 1. The molecule has 1 aliphatic rings. The molecule has 0 radical (unpaired) electrons. The summed E-state index contributed by atoms with van der Waals surface area (Å²) in [4.78, 5) is 13.8. The fourth-order valence-corrected chi connectivity index (χ4v) is 2.82. The SMILES string of the molecule is O=c1[nH]c(O)c(C2COc3cc(O)ccc32)s1. The van der Waals surface area contributed by atoms with Crippen LogP contribution in [0.1, 0.15) is 16.4 Å². The second-order valence-electron chi connectivity index (χ2n) is 3.81. The van der Waals surface area contributed by atoms with E-state index in [-0.39, 0.29) is 22.4 Å². The van der Waals surface area contributed by atoms with Crippen LogP contribution in [-0.2, 0) is 0 Å². The Kier molecular flexibility index (Phi) is 2.12. The summed E-state index contributed by atoms with van der Waals surface area (Å²) in [5, 5.41) is 19.0. The molecule has 2 heterocycles. The minimum Gasteiger partial charge on any atom is -0.508 e. The van der Waals surface area contributed by atoms with Crippen LogP contribution in [0.4, 0.5) is 0 Å². The summed E-state index contributed by atoms with van der Waals surface area (Å²) >= 11 is 0.976. The molecule has 0 fully saturated rings. The number of aromatic hydroxyl groups is 2.